The Bertz CT molecular complexity index is 704. The molecule has 0 unspecified atom stereocenters. The van der Waals surface area contributed by atoms with Gasteiger partial charge in [0.2, 0.25) is 5.91 Å². The number of rotatable bonds is 8. The standard InChI is InChI=1S/C21H31N5O/c1-17(2)26-16-20(14-24-26)15-25-10-7-18(8-11-25)5-6-21(27)23-13-19-4-3-9-22-12-19/h3-4,9,12,14,16-18H,5-8,10-11,13,15H2,1-2H3,(H,23,27). The van der Waals surface area contributed by atoms with E-state index in [1.54, 1.807) is 12.4 Å². The Labute approximate surface area is 162 Å². The summed E-state index contributed by atoms with van der Waals surface area (Å²) in [6.45, 7) is 8.05. The number of likely N-dealkylation sites (tertiary alicyclic amines) is 1. The summed E-state index contributed by atoms with van der Waals surface area (Å²) >= 11 is 0. The van der Waals surface area contributed by atoms with Crippen LogP contribution in [-0.4, -0.2) is 38.7 Å². The van der Waals surface area contributed by atoms with E-state index in [-0.39, 0.29) is 5.91 Å². The van der Waals surface area contributed by atoms with Gasteiger partial charge in [-0.15, -0.1) is 0 Å². The Morgan fingerprint density at radius 1 is 1.26 bits per heavy atom. The van der Waals surface area contributed by atoms with Crippen LogP contribution in [0.15, 0.2) is 36.9 Å². The van der Waals surface area contributed by atoms with Gasteiger partial charge in [0.25, 0.3) is 0 Å². The van der Waals surface area contributed by atoms with Crippen LogP contribution in [0.1, 0.15) is 56.7 Å². The number of carbonyl (C=O) groups is 1. The second-order valence-corrected chi connectivity index (χ2v) is 7.82. The molecule has 1 saturated heterocycles. The van der Waals surface area contributed by atoms with Gasteiger partial charge in [0.1, 0.15) is 0 Å². The number of hydrogen-bond donors (Lipinski definition) is 1. The van der Waals surface area contributed by atoms with Gasteiger partial charge >= 0.3 is 0 Å². The fraction of sp³-hybridized carbons (Fsp3) is 0.571. The fourth-order valence-electron chi connectivity index (χ4n) is 3.56. The highest BCUT2D eigenvalue weighted by atomic mass is 16.1. The van der Waals surface area contributed by atoms with Crippen molar-refractivity contribution in [3.8, 4) is 0 Å². The van der Waals surface area contributed by atoms with Crippen LogP contribution in [0.3, 0.4) is 0 Å². The van der Waals surface area contributed by atoms with E-state index in [1.807, 2.05) is 23.0 Å². The van der Waals surface area contributed by atoms with E-state index in [0.717, 1.165) is 31.6 Å². The smallest absolute Gasteiger partial charge is 0.220 e. The topological polar surface area (TPSA) is 63.1 Å². The third-order valence-electron chi connectivity index (χ3n) is 5.29. The molecule has 1 fully saturated rings. The molecule has 3 rings (SSSR count). The zero-order valence-corrected chi connectivity index (χ0v) is 16.5. The first-order chi connectivity index (χ1) is 13.1. The normalized spacial score (nSPS) is 16.0. The lowest BCUT2D eigenvalue weighted by Crippen LogP contribution is -2.33. The van der Waals surface area contributed by atoms with Crippen LogP contribution in [0, 0.1) is 5.92 Å². The summed E-state index contributed by atoms with van der Waals surface area (Å²) in [6.07, 6.45) is 11.6. The number of piperidine rings is 1. The molecule has 2 aromatic rings. The van der Waals surface area contributed by atoms with Crippen molar-refractivity contribution in [1.82, 2.24) is 25.0 Å². The third kappa shape index (κ3) is 6.17. The Balaban J connectivity index is 1.32. The number of pyridine rings is 1. The number of carbonyl (C=O) groups excluding carboxylic acids is 1. The monoisotopic (exact) mass is 369 g/mol. The fourth-order valence-corrected chi connectivity index (χ4v) is 3.56. The van der Waals surface area contributed by atoms with Crippen LogP contribution in [-0.2, 0) is 17.9 Å². The minimum atomic E-state index is 0.141. The molecule has 0 atom stereocenters. The average molecular weight is 370 g/mol. The van der Waals surface area contributed by atoms with Crippen molar-refractivity contribution in [3.63, 3.8) is 0 Å². The van der Waals surface area contributed by atoms with Crippen LogP contribution < -0.4 is 5.32 Å². The molecule has 27 heavy (non-hydrogen) atoms. The SMILES string of the molecule is CC(C)n1cc(CN2CCC(CCC(=O)NCc3cccnc3)CC2)cn1. The predicted octanol–water partition coefficient (Wildman–Crippen LogP) is 3.17. The minimum Gasteiger partial charge on any atom is -0.352 e. The first-order valence-electron chi connectivity index (χ1n) is 10.0. The van der Waals surface area contributed by atoms with Crippen LogP contribution >= 0.6 is 0 Å². The zero-order chi connectivity index (χ0) is 19.1. The van der Waals surface area contributed by atoms with Crippen molar-refractivity contribution in [3.05, 3.63) is 48.0 Å². The predicted molar refractivity (Wildman–Crippen MR) is 106 cm³/mol. The third-order valence-corrected chi connectivity index (χ3v) is 5.29. The van der Waals surface area contributed by atoms with Gasteiger partial charge in [0.05, 0.1) is 6.20 Å². The lowest BCUT2D eigenvalue weighted by molar-refractivity contribution is -0.121. The summed E-state index contributed by atoms with van der Waals surface area (Å²) in [5, 5.41) is 7.42. The Morgan fingerprint density at radius 2 is 2.07 bits per heavy atom. The molecule has 1 aliphatic heterocycles. The van der Waals surface area contributed by atoms with E-state index < -0.39 is 0 Å². The van der Waals surface area contributed by atoms with Crippen LogP contribution in [0.2, 0.25) is 0 Å². The molecule has 6 heteroatoms. The summed E-state index contributed by atoms with van der Waals surface area (Å²) in [5.74, 6) is 0.797. The van der Waals surface area contributed by atoms with E-state index in [9.17, 15) is 4.79 Å². The largest absolute Gasteiger partial charge is 0.352 e. The first kappa shape index (κ1) is 19.5. The summed E-state index contributed by atoms with van der Waals surface area (Å²) in [5.41, 5.74) is 2.33. The first-order valence-corrected chi connectivity index (χ1v) is 10.0. The van der Waals surface area contributed by atoms with Gasteiger partial charge in [-0.1, -0.05) is 6.07 Å². The minimum absolute atomic E-state index is 0.141. The highest BCUT2D eigenvalue weighted by molar-refractivity contribution is 5.75. The van der Waals surface area contributed by atoms with Gasteiger partial charge in [-0.05, 0) is 63.7 Å². The van der Waals surface area contributed by atoms with Crippen LogP contribution in [0.25, 0.3) is 0 Å². The molecular formula is C21H31N5O. The molecule has 0 aliphatic carbocycles. The second kappa shape index (κ2) is 9.65. The number of amides is 1. The molecule has 0 bridgehead atoms. The molecule has 1 amide bonds. The Hall–Kier alpha value is -2.21. The summed E-state index contributed by atoms with van der Waals surface area (Å²) in [4.78, 5) is 18.6. The summed E-state index contributed by atoms with van der Waals surface area (Å²) < 4.78 is 2.02. The van der Waals surface area contributed by atoms with Gasteiger partial charge in [-0.25, -0.2) is 0 Å². The van der Waals surface area contributed by atoms with E-state index in [1.165, 1.54) is 18.4 Å². The maximum atomic E-state index is 12.1. The highest BCUT2D eigenvalue weighted by Gasteiger charge is 2.20. The van der Waals surface area contributed by atoms with E-state index >= 15 is 0 Å². The number of hydrogen-bond acceptors (Lipinski definition) is 4. The van der Waals surface area contributed by atoms with E-state index in [0.29, 0.717) is 24.9 Å². The quantitative estimate of drug-likeness (QED) is 0.776. The van der Waals surface area contributed by atoms with Gasteiger partial charge in [-0.3, -0.25) is 19.4 Å². The zero-order valence-electron chi connectivity index (χ0n) is 16.5. The Morgan fingerprint density at radius 3 is 2.74 bits per heavy atom. The molecule has 1 N–H and O–H groups in total. The molecule has 0 aromatic carbocycles. The lowest BCUT2D eigenvalue weighted by atomic mass is 9.92. The van der Waals surface area contributed by atoms with Gasteiger partial charge < -0.3 is 5.32 Å². The Kier molecular flexibility index (Phi) is 6.98. The molecule has 146 valence electrons. The van der Waals surface area contributed by atoms with Crippen molar-refractivity contribution in [2.75, 3.05) is 13.1 Å². The number of aromatic nitrogens is 3. The molecule has 2 aromatic heterocycles. The van der Waals surface area contributed by atoms with E-state index in [4.69, 9.17) is 0 Å². The van der Waals surface area contributed by atoms with Crippen LogP contribution in [0.5, 0.6) is 0 Å². The molecule has 1 aliphatic rings. The summed E-state index contributed by atoms with van der Waals surface area (Å²) in [7, 11) is 0. The van der Waals surface area contributed by atoms with Crippen LogP contribution in [0.4, 0.5) is 0 Å². The van der Waals surface area contributed by atoms with Crippen molar-refractivity contribution in [2.45, 2.75) is 58.7 Å². The lowest BCUT2D eigenvalue weighted by Gasteiger charge is -2.31. The molecular weight excluding hydrogens is 338 g/mol. The highest BCUT2D eigenvalue weighted by Crippen LogP contribution is 2.23. The summed E-state index contributed by atoms with van der Waals surface area (Å²) in [6, 6.07) is 4.28. The van der Waals surface area contributed by atoms with Crippen molar-refractivity contribution < 1.29 is 4.79 Å². The molecule has 0 saturated carbocycles. The molecule has 6 nitrogen and oxygen atoms in total. The second-order valence-electron chi connectivity index (χ2n) is 7.82. The average Bonchev–Trinajstić information content (AvgIpc) is 3.15. The van der Waals surface area contributed by atoms with Crippen molar-refractivity contribution in [2.24, 2.45) is 5.92 Å². The van der Waals surface area contributed by atoms with Gasteiger partial charge in [0, 0.05) is 49.7 Å². The van der Waals surface area contributed by atoms with Crippen molar-refractivity contribution >= 4 is 5.91 Å². The molecule has 3 heterocycles. The molecule has 0 spiro atoms. The number of nitrogens with zero attached hydrogens (tertiary/aromatic N) is 4. The molecule has 0 radical (unpaired) electrons. The maximum Gasteiger partial charge on any atom is 0.220 e. The van der Waals surface area contributed by atoms with Crippen molar-refractivity contribution in [1.29, 1.82) is 0 Å². The van der Waals surface area contributed by atoms with E-state index in [2.05, 4.69) is 40.3 Å². The van der Waals surface area contributed by atoms with Gasteiger partial charge in [0.15, 0.2) is 0 Å². The number of nitrogens with one attached hydrogen (secondary N) is 1. The van der Waals surface area contributed by atoms with Gasteiger partial charge in [-0.2, -0.15) is 5.10 Å². The maximum absolute atomic E-state index is 12.1.